The maximum atomic E-state index is 12.7. The predicted octanol–water partition coefficient (Wildman–Crippen LogP) is 7.55. The van der Waals surface area contributed by atoms with Crippen LogP contribution in [-0.4, -0.2) is 193 Å². The van der Waals surface area contributed by atoms with Crippen LogP contribution < -0.4 is 9.80 Å². The number of tetrazole rings is 3. The van der Waals surface area contributed by atoms with Crippen LogP contribution in [-0.2, 0) is 11.2 Å². The maximum Gasteiger partial charge on any atom is 0.335 e. The Morgan fingerprint density at radius 1 is 0.416 bits per heavy atom. The smallest absolute Gasteiger partial charge is 0.335 e. The minimum absolute atomic E-state index is 0.00861. The Kier molecular flexibility index (Phi) is 21.1. The zero-order valence-corrected chi connectivity index (χ0v) is 50.4. The molecule has 12 rings (SSSR count). The van der Waals surface area contributed by atoms with Gasteiger partial charge in [-0.1, -0.05) is 59.6 Å². The first-order valence-electron chi connectivity index (χ1n) is 28.1. The molecule has 0 amide bonds. The fourth-order valence-corrected chi connectivity index (χ4v) is 11.6. The summed E-state index contributed by atoms with van der Waals surface area (Å²) < 4.78 is 9.82. The normalized spacial score (nSPS) is 14.0. The van der Waals surface area contributed by atoms with Crippen molar-refractivity contribution < 1.29 is 48.8 Å². The number of likely N-dealkylation sites (N-methyl/N-ethyl adjacent to an activating group) is 1. The van der Waals surface area contributed by atoms with E-state index in [1.807, 2.05) is 72.8 Å². The van der Waals surface area contributed by atoms with E-state index >= 15 is 0 Å². The van der Waals surface area contributed by atoms with E-state index in [9.17, 15) is 28.8 Å². The summed E-state index contributed by atoms with van der Waals surface area (Å²) >= 11 is 3.72. The molecule has 2 aliphatic heterocycles. The minimum Gasteiger partial charge on any atom is -0.478 e. The fourth-order valence-electron chi connectivity index (χ4n) is 9.25. The standard InChI is InChI=1S/C21H22N6O3S.C20H19N5O4S.C20H18N4O3S/c1-25-10-12-26(13-11-25)17-6-2-15(3-7-17)19(28)14-31-21-22-23-24-27(21)18-8-4-16(5-9-18)20(29)30;26-18(14-1-5-16(6-2-14)24-9-11-29-12-10-24)13-30-20-21-22-23-25(20)17-7-3-15(4-8-17)19(27)28;25-18(15-5-3-14(4-6-15)11-13-1-2-13)12-28-20-21-22-23-24(20)17-9-7-16(8-10-17)19(26)27/h2-9H,10-14H2,1H3,(H,29,30);1-8H,9-13H2,(H,27,28);3-10,13H,1-2,11-12H2,(H,26,27). The topological polar surface area (TPSA) is 313 Å². The van der Waals surface area contributed by atoms with E-state index in [-0.39, 0.29) is 51.3 Å². The minimum atomic E-state index is -1.00. The lowest BCUT2D eigenvalue weighted by atomic mass is 10.1. The maximum absolute atomic E-state index is 12.7. The monoisotopic (exact) mass is 1260 g/mol. The highest BCUT2D eigenvalue weighted by Crippen LogP contribution is 2.33. The van der Waals surface area contributed by atoms with E-state index in [4.69, 9.17) is 20.1 Å². The van der Waals surface area contributed by atoms with Gasteiger partial charge in [-0.3, -0.25) is 14.4 Å². The average molecular weight is 1260 g/mol. The quantitative estimate of drug-likeness (QED) is 0.0435. The van der Waals surface area contributed by atoms with Crippen LogP contribution in [0, 0.1) is 5.92 Å². The molecule has 3 fully saturated rings. The molecule has 28 heteroatoms. The molecule has 6 aromatic carbocycles. The van der Waals surface area contributed by atoms with E-state index in [1.54, 1.807) is 36.4 Å². The average Bonchev–Trinajstić information content (AvgIpc) is 3.79. The summed E-state index contributed by atoms with van der Waals surface area (Å²) in [6.07, 6.45) is 3.72. The van der Waals surface area contributed by atoms with E-state index < -0.39 is 17.9 Å². The molecular formula is C61H59N15O10S3. The lowest BCUT2D eigenvalue weighted by molar-refractivity contribution is 0.0686. The van der Waals surface area contributed by atoms with Crippen LogP contribution in [0.15, 0.2) is 161 Å². The Labute approximate surface area is 522 Å². The fraction of sp³-hybridized carbons (Fsp3) is 0.262. The number of nitrogens with zero attached hydrogens (tertiary/aromatic N) is 15. The van der Waals surface area contributed by atoms with E-state index in [0.29, 0.717) is 62.4 Å². The van der Waals surface area contributed by atoms with Crippen molar-refractivity contribution in [3.05, 3.63) is 185 Å². The number of ether oxygens (including phenoxy) is 1. The van der Waals surface area contributed by atoms with Gasteiger partial charge in [0.05, 0.1) is 64.2 Å². The molecule has 3 aliphatic rings. The molecule has 1 aliphatic carbocycles. The molecule has 5 heterocycles. The number of rotatable bonds is 22. The first kappa shape index (κ1) is 62.6. The molecule has 3 N–H and O–H groups in total. The van der Waals surface area contributed by atoms with Crippen LogP contribution in [0.2, 0.25) is 0 Å². The molecule has 0 radical (unpaired) electrons. The van der Waals surface area contributed by atoms with Crippen LogP contribution in [0.4, 0.5) is 11.4 Å². The molecule has 25 nitrogen and oxygen atoms in total. The third-order valence-corrected chi connectivity index (χ3v) is 17.3. The van der Waals surface area contributed by atoms with Gasteiger partial charge in [0.25, 0.3) is 0 Å². The van der Waals surface area contributed by atoms with Crippen LogP contribution in [0.1, 0.15) is 80.6 Å². The van der Waals surface area contributed by atoms with Gasteiger partial charge >= 0.3 is 17.9 Å². The highest BCUT2D eigenvalue weighted by Gasteiger charge is 2.23. The Hall–Kier alpha value is -9.48. The molecular weight excluding hydrogens is 1200 g/mol. The number of morpholine rings is 1. The van der Waals surface area contributed by atoms with Crippen molar-refractivity contribution >= 4 is 81.9 Å². The summed E-state index contributed by atoms with van der Waals surface area (Å²) in [4.78, 5) is 77.6. The second-order valence-corrected chi connectivity index (χ2v) is 23.5. The summed E-state index contributed by atoms with van der Waals surface area (Å²) in [5.74, 6) is -1.59. The Balaban J connectivity index is 0.000000147. The van der Waals surface area contributed by atoms with Crippen LogP contribution in [0.3, 0.4) is 0 Å². The second-order valence-electron chi connectivity index (χ2n) is 20.6. The number of hydrogen-bond acceptors (Lipinski definition) is 22. The Morgan fingerprint density at radius 2 is 0.719 bits per heavy atom. The SMILES string of the molecule is CN1CCN(c2ccc(C(=O)CSc3nnnn3-c3ccc(C(=O)O)cc3)cc2)CC1.O=C(O)c1ccc(-n2nnnc2SCC(=O)c2ccc(CC3CC3)cc2)cc1.O=C(O)c1ccc(-n2nnnc2SCC(=O)c2ccc(N3CCOCC3)cc2)cc1. The molecule has 9 aromatic rings. The van der Waals surface area contributed by atoms with Gasteiger partial charge in [-0.15, -0.1) is 15.3 Å². The number of carboxylic acids is 3. The van der Waals surface area contributed by atoms with Crippen molar-refractivity contribution in [1.82, 2.24) is 65.5 Å². The molecule has 1 saturated carbocycles. The van der Waals surface area contributed by atoms with Crippen molar-refractivity contribution in [2.45, 2.75) is 34.7 Å². The number of piperazine rings is 1. The highest BCUT2D eigenvalue weighted by molar-refractivity contribution is 8.00. The number of benzene rings is 6. The van der Waals surface area contributed by atoms with Gasteiger partial charge in [0.15, 0.2) is 17.3 Å². The van der Waals surface area contributed by atoms with E-state index in [1.165, 1.54) is 104 Å². The number of carbonyl (C=O) groups is 6. The van der Waals surface area contributed by atoms with Gasteiger partial charge < -0.3 is 34.8 Å². The molecule has 89 heavy (non-hydrogen) atoms. The summed E-state index contributed by atoms with van der Waals surface area (Å²) in [5.41, 5.74) is 7.87. The number of Topliss-reactive ketones (excluding diaryl/α,β-unsaturated/α-hetero) is 3. The van der Waals surface area contributed by atoms with Gasteiger partial charge in [0, 0.05) is 67.3 Å². The molecule has 0 spiro atoms. The predicted molar refractivity (Wildman–Crippen MR) is 332 cm³/mol. The van der Waals surface area contributed by atoms with Crippen LogP contribution >= 0.6 is 35.3 Å². The number of aromatic carboxylic acids is 3. The van der Waals surface area contributed by atoms with Gasteiger partial charge in [0.2, 0.25) is 15.5 Å². The third-order valence-electron chi connectivity index (χ3n) is 14.5. The van der Waals surface area contributed by atoms with Crippen molar-refractivity contribution in [3.63, 3.8) is 0 Å². The second kappa shape index (κ2) is 29.9. The van der Waals surface area contributed by atoms with Crippen molar-refractivity contribution in [1.29, 1.82) is 0 Å². The van der Waals surface area contributed by atoms with Gasteiger partial charge in [-0.05, 0) is 190 Å². The number of ketones is 3. The summed E-state index contributed by atoms with van der Waals surface area (Å²) in [5, 5.41) is 63.2. The summed E-state index contributed by atoms with van der Waals surface area (Å²) in [7, 11) is 2.12. The van der Waals surface area contributed by atoms with Crippen molar-refractivity contribution in [2.75, 3.05) is 86.6 Å². The molecule has 3 aromatic heterocycles. The van der Waals surface area contributed by atoms with Gasteiger partial charge in [-0.2, -0.15) is 14.0 Å². The third kappa shape index (κ3) is 17.0. The number of aromatic nitrogens is 12. The summed E-state index contributed by atoms with van der Waals surface area (Å²) in [6, 6.07) is 41.8. The van der Waals surface area contributed by atoms with E-state index in [2.05, 4.69) is 68.3 Å². The largest absolute Gasteiger partial charge is 0.478 e. The van der Waals surface area contributed by atoms with Crippen LogP contribution in [0.5, 0.6) is 0 Å². The zero-order chi connectivity index (χ0) is 62.2. The number of carboxylic acid groups (broad SMARTS) is 3. The molecule has 456 valence electrons. The van der Waals surface area contributed by atoms with Crippen molar-refractivity contribution in [2.24, 2.45) is 5.92 Å². The molecule has 2 saturated heterocycles. The Morgan fingerprint density at radius 3 is 1.04 bits per heavy atom. The Bertz CT molecular complexity index is 3890. The first-order valence-corrected chi connectivity index (χ1v) is 31.1. The van der Waals surface area contributed by atoms with E-state index in [0.717, 1.165) is 63.0 Å². The number of hydrogen-bond donors (Lipinski definition) is 3. The first-order chi connectivity index (χ1) is 43.2. The molecule has 0 unspecified atom stereocenters. The number of thioether (sulfide) groups is 3. The number of anilines is 2. The van der Waals surface area contributed by atoms with Crippen molar-refractivity contribution in [3.8, 4) is 17.1 Å². The summed E-state index contributed by atoms with van der Waals surface area (Å²) in [6.45, 7) is 7.15. The zero-order valence-electron chi connectivity index (χ0n) is 48.0. The lowest BCUT2D eigenvalue weighted by Crippen LogP contribution is -2.44. The van der Waals surface area contributed by atoms with Gasteiger partial charge in [0.1, 0.15) is 0 Å². The molecule has 0 bridgehead atoms. The van der Waals surface area contributed by atoms with Gasteiger partial charge in [-0.25, -0.2) is 14.4 Å². The van der Waals surface area contributed by atoms with Crippen LogP contribution in [0.25, 0.3) is 17.1 Å². The highest BCUT2D eigenvalue weighted by atomic mass is 32.2. The molecule has 0 atom stereocenters. The lowest BCUT2D eigenvalue weighted by Gasteiger charge is -2.34. The number of carbonyl (C=O) groups excluding carboxylic acids is 3.